The first kappa shape index (κ1) is 22.0. The number of benzene rings is 1. The van der Waals surface area contributed by atoms with Crippen LogP contribution in [0, 0.1) is 12.7 Å². The monoisotopic (exact) mass is 413 g/mol. The van der Waals surface area contributed by atoms with Crippen molar-refractivity contribution in [2.24, 2.45) is 4.99 Å². The molecule has 0 atom stereocenters. The first-order valence-corrected chi connectivity index (χ1v) is 10.7. The first-order valence-electron chi connectivity index (χ1n) is 10.7. The number of hydrogen-bond donors (Lipinski definition) is 2. The van der Waals surface area contributed by atoms with E-state index >= 15 is 0 Å². The summed E-state index contributed by atoms with van der Waals surface area (Å²) in [4.78, 5) is 18.0. The first-order chi connectivity index (χ1) is 14.7. The van der Waals surface area contributed by atoms with Gasteiger partial charge in [-0.2, -0.15) is 0 Å². The average Bonchev–Trinajstić information content (AvgIpc) is 2.76. The zero-order valence-electron chi connectivity index (χ0n) is 17.9. The van der Waals surface area contributed by atoms with Gasteiger partial charge in [0, 0.05) is 58.2 Å². The summed E-state index contributed by atoms with van der Waals surface area (Å²) in [6, 6.07) is 6.80. The lowest BCUT2D eigenvalue weighted by Crippen LogP contribution is -2.47. The molecule has 1 aromatic heterocycles. The van der Waals surface area contributed by atoms with Crippen LogP contribution >= 0.6 is 0 Å². The van der Waals surface area contributed by atoms with Crippen molar-refractivity contribution in [3.8, 4) is 0 Å². The highest BCUT2D eigenvalue weighted by molar-refractivity contribution is 5.79. The standard InChI is InChI=1S/C22H32FN7/c1-3-24-21(25-10-7-19-5-6-20(23)17-18(19)2)26-11-12-29-13-15-30(16-14-29)22-27-8-4-9-28-22/h4-6,8-9,17H,3,7,10-16H2,1-2H3,(H2,24,25,26). The van der Waals surface area contributed by atoms with E-state index in [-0.39, 0.29) is 5.82 Å². The van der Waals surface area contributed by atoms with Crippen molar-refractivity contribution in [1.82, 2.24) is 25.5 Å². The molecule has 0 bridgehead atoms. The lowest BCUT2D eigenvalue weighted by molar-refractivity contribution is 0.263. The lowest BCUT2D eigenvalue weighted by Gasteiger charge is -2.34. The summed E-state index contributed by atoms with van der Waals surface area (Å²) in [6.45, 7) is 11.1. The number of anilines is 1. The van der Waals surface area contributed by atoms with Crippen LogP contribution in [-0.2, 0) is 6.42 Å². The number of halogens is 1. The predicted molar refractivity (Wildman–Crippen MR) is 120 cm³/mol. The molecule has 1 aliphatic rings. The summed E-state index contributed by atoms with van der Waals surface area (Å²) >= 11 is 0. The molecule has 0 unspecified atom stereocenters. The molecule has 2 aromatic rings. The van der Waals surface area contributed by atoms with Gasteiger partial charge in [-0.1, -0.05) is 6.07 Å². The maximum absolute atomic E-state index is 13.2. The summed E-state index contributed by atoms with van der Waals surface area (Å²) in [7, 11) is 0. The Morgan fingerprint density at radius 3 is 2.60 bits per heavy atom. The van der Waals surface area contributed by atoms with E-state index in [0.717, 1.165) is 81.8 Å². The van der Waals surface area contributed by atoms with E-state index in [1.54, 1.807) is 18.5 Å². The average molecular weight is 414 g/mol. The molecule has 162 valence electrons. The van der Waals surface area contributed by atoms with Crippen molar-refractivity contribution in [3.05, 3.63) is 53.6 Å². The second-order valence-electron chi connectivity index (χ2n) is 7.39. The van der Waals surface area contributed by atoms with Crippen LogP contribution in [-0.4, -0.2) is 73.2 Å². The SMILES string of the molecule is CCNC(=NCCN1CCN(c2ncccn2)CC1)NCCc1ccc(F)cc1C. The third-order valence-corrected chi connectivity index (χ3v) is 5.23. The number of piperazine rings is 1. The van der Waals surface area contributed by atoms with Crippen LogP contribution in [0.15, 0.2) is 41.7 Å². The van der Waals surface area contributed by atoms with Crippen LogP contribution in [0.5, 0.6) is 0 Å². The smallest absolute Gasteiger partial charge is 0.225 e. The van der Waals surface area contributed by atoms with Crippen molar-refractivity contribution < 1.29 is 4.39 Å². The predicted octanol–water partition coefficient (Wildman–Crippen LogP) is 1.84. The van der Waals surface area contributed by atoms with Gasteiger partial charge in [0.05, 0.1) is 6.54 Å². The minimum atomic E-state index is -0.184. The van der Waals surface area contributed by atoms with Crippen LogP contribution in [0.1, 0.15) is 18.1 Å². The molecular formula is C22H32FN7. The molecule has 1 fully saturated rings. The van der Waals surface area contributed by atoms with Crippen molar-refractivity contribution in [3.63, 3.8) is 0 Å². The molecule has 1 aliphatic heterocycles. The van der Waals surface area contributed by atoms with E-state index in [1.807, 2.05) is 19.1 Å². The van der Waals surface area contributed by atoms with Crippen molar-refractivity contribution in [2.45, 2.75) is 20.3 Å². The van der Waals surface area contributed by atoms with Crippen LogP contribution < -0.4 is 15.5 Å². The topological polar surface area (TPSA) is 68.7 Å². The Hall–Kier alpha value is -2.74. The van der Waals surface area contributed by atoms with Gasteiger partial charge in [-0.25, -0.2) is 14.4 Å². The lowest BCUT2D eigenvalue weighted by atomic mass is 10.1. The molecule has 0 spiro atoms. The summed E-state index contributed by atoms with van der Waals surface area (Å²) in [5.74, 6) is 1.45. The Bertz CT molecular complexity index is 804. The van der Waals surface area contributed by atoms with Crippen molar-refractivity contribution >= 4 is 11.9 Å². The minimum Gasteiger partial charge on any atom is -0.357 e. The van der Waals surface area contributed by atoms with Gasteiger partial charge in [0.25, 0.3) is 0 Å². The second-order valence-corrected chi connectivity index (χ2v) is 7.39. The van der Waals surface area contributed by atoms with Gasteiger partial charge < -0.3 is 15.5 Å². The number of aliphatic imine (C=N–C) groups is 1. The highest BCUT2D eigenvalue weighted by Crippen LogP contribution is 2.11. The van der Waals surface area contributed by atoms with E-state index in [0.29, 0.717) is 0 Å². The molecule has 0 saturated carbocycles. The summed E-state index contributed by atoms with van der Waals surface area (Å²) < 4.78 is 13.2. The molecule has 1 aromatic carbocycles. The molecule has 30 heavy (non-hydrogen) atoms. The highest BCUT2D eigenvalue weighted by Gasteiger charge is 2.18. The number of aromatic nitrogens is 2. The van der Waals surface area contributed by atoms with Gasteiger partial charge in [-0.05, 0) is 49.6 Å². The fraction of sp³-hybridized carbons (Fsp3) is 0.500. The molecule has 8 heteroatoms. The van der Waals surface area contributed by atoms with Crippen LogP contribution in [0.3, 0.4) is 0 Å². The van der Waals surface area contributed by atoms with Crippen LogP contribution in [0.4, 0.5) is 10.3 Å². The van der Waals surface area contributed by atoms with Crippen molar-refractivity contribution in [2.75, 3.05) is 57.3 Å². The molecule has 1 saturated heterocycles. The zero-order valence-corrected chi connectivity index (χ0v) is 17.9. The maximum atomic E-state index is 13.2. The van der Waals surface area contributed by atoms with Gasteiger partial charge in [0.2, 0.25) is 5.95 Å². The van der Waals surface area contributed by atoms with Gasteiger partial charge in [0.15, 0.2) is 5.96 Å². The molecule has 0 amide bonds. The molecule has 2 N–H and O–H groups in total. The van der Waals surface area contributed by atoms with Crippen LogP contribution in [0.2, 0.25) is 0 Å². The molecule has 3 rings (SSSR count). The largest absolute Gasteiger partial charge is 0.357 e. The Labute approximate surface area is 178 Å². The van der Waals surface area contributed by atoms with Gasteiger partial charge in [-0.3, -0.25) is 9.89 Å². The molecule has 0 aliphatic carbocycles. The van der Waals surface area contributed by atoms with Gasteiger partial charge in [0.1, 0.15) is 5.82 Å². The molecule has 7 nitrogen and oxygen atoms in total. The summed E-state index contributed by atoms with van der Waals surface area (Å²) in [6.07, 6.45) is 4.41. The van der Waals surface area contributed by atoms with E-state index in [9.17, 15) is 4.39 Å². The van der Waals surface area contributed by atoms with E-state index in [4.69, 9.17) is 4.99 Å². The fourth-order valence-electron chi connectivity index (χ4n) is 3.53. The molecular weight excluding hydrogens is 381 g/mol. The third kappa shape index (κ3) is 6.66. The quantitative estimate of drug-likeness (QED) is 0.509. The minimum absolute atomic E-state index is 0.184. The third-order valence-electron chi connectivity index (χ3n) is 5.23. The number of guanidine groups is 1. The van der Waals surface area contributed by atoms with Crippen molar-refractivity contribution in [1.29, 1.82) is 0 Å². The molecule has 2 heterocycles. The Balaban J connectivity index is 1.40. The fourth-order valence-corrected chi connectivity index (χ4v) is 3.53. The summed E-state index contributed by atoms with van der Waals surface area (Å²) in [5.41, 5.74) is 2.14. The summed E-state index contributed by atoms with van der Waals surface area (Å²) in [5, 5.41) is 6.67. The number of hydrogen-bond acceptors (Lipinski definition) is 5. The zero-order chi connectivity index (χ0) is 21.2. The Kier molecular flexibility index (Phi) is 8.38. The Morgan fingerprint density at radius 1 is 1.13 bits per heavy atom. The van der Waals surface area contributed by atoms with Gasteiger partial charge in [-0.15, -0.1) is 0 Å². The normalized spacial score (nSPS) is 15.3. The number of aryl methyl sites for hydroxylation is 1. The van der Waals surface area contributed by atoms with E-state index in [1.165, 1.54) is 6.07 Å². The molecule has 0 radical (unpaired) electrons. The Morgan fingerprint density at radius 2 is 1.90 bits per heavy atom. The van der Waals surface area contributed by atoms with E-state index < -0.39 is 0 Å². The maximum Gasteiger partial charge on any atom is 0.225 e. The second kappa shape index (κ2) is 11.4. The number of rotatable bonds is 8. The number of nitrogens with one attached hydrogen (secondary N) is 2. The van der Waals surface area contributed by atoms with Gasteiger partial charge >= 0.3 is 0 Å². The number of nitrogens with zero attached hydrogens (tertiary/aromatic N) is 5. The van der Waals surface area contributed by atoms with Crippen LogP contribution in [0.25, 0.3) is 0 Å². The van der Waals surface area contributed by atoms with E-state index in [2.05, 4.69) is 37.3 Å². The highest BCUT2D eigenvalue weighted by atomic mass is 19.1.